The second kappa shape index (κ2) is 2.96. The number of aliphatic carboxylic acids is 1. The third-order valence-corrected chi connectivity index (χ3v) is 6.28. The number of rotatable bonds is 2. The number of carbonyl (C=O) groups is 1. The zero-order valence-corrected chi connectivity index (χ0v) is 10.4. The van der Waals surface area contributed by atoms with E-state index in [0.717, 1.165) is 23.7 Å². The summed E-state index contributed by atoms with van der Waals surface area (Å²) in [5.41, 5.74) is 1.78. The summed E-state index contributed by atoms with van der Waals surface area (Å²) in [7, 11) is 0. The van der Waals surface area contributed by atoms with Gasteiger partial charge in [0.25, 0.3) is 0 Å². The van der Waals surface area contributed by atoms with Crippen LogP contribution < -0.4 is 0 Å². The monoisotopic (exact) mass is 232 g/mol. The topological polar surface area (TPSA) is 37.3 Å². The lowest BCUT2D eigenvalue weighted by atomic mass is 9.62. The van der Waals surface area contributed by atoms with Gasteiger partial charge in [0.05, 0.1) is 6.42 Å². The smallest absolute Gasteiger partial charge is 0.303 e. The van der Waals surface area contributed by atoms with E-state index in [2.05, 4.69) is 13.0 Å². The van der Waals surface area contributed by atoms with E-state index >= 15 is 0 Å². The minimum absolute atomic E-state index is 0.0863. The van der Waals surface area contributed by atoms with Gasteiger partial charge >= 0.3 is 5.97 Å². The van der Waals surface area contributed by atoms with Crippen LogP contribution in [0.4, 0.5) is 0 Å². The van der Waals surface area contributed by atoms with Crippen molar-refractivity contribution in [1.29, 1.82) is 0 Å². The quantitative estimate of drug-likeness (QED) is 0.587. The van der Waals surface area contributed by atoms with Crippen LogP contribution in [0, 0.1) is 35.0 Å². The summed E-state index contributed by atoms with van der Waals surface area (Å²) in [5, 5.41) is 9.12. The number of allylic oxidation sites excluding steroid dienone is 2. The zero-order chi connectivity index (χ0) is 11.8. The molecule has 6 atom stereocenters. The van der Waals surface area contributed by atoms with Crippen molar-refractivity contribution in [3.63, 3.8) is 0 Å². The molecule has 4 rings (SSSR count). The minimum atomic E-state index is -0.603. The maximum Gasteiger partial charge on any atom is 0.303 e. The lowest BCUT2D eigenvalue weighted by Gasteiger charge is -2.42. The summed E-state index contributed by atoms with van der Waals surface area (Å²) in [6.07, 6.45) is 7.99. The van der Waals surface area contributed by atoms with Gasteiger partial charge in [-0.1, -0.05) is 18.6 Å². The van der Waals surface area contributed by atoms with Crippen LogP contribution >= 0.6 is 0 Å². The average molecular weight is 232 g/mol. The van der Waals surface area contributed by atoms with Crippen LogP contribution in [-0.4, -0.2) is 11.1 Å². The van der Waals surface area contributed by atoms with Gasteiger partial charge in [-0.3, -0.25) is 4.79 Å². The molecule has 17 heavy (non-hydrogen) atoms. The fraction of sp³-hybridized carbons (Fsp3) is 0.800. The van der Waals surface area contributed by atoms with Crippen LogP contribution in [0.15, 0.2) is 11.6 Å². The van der Waals surface area contributed by atoms with Crippen molar-refractivity contribution in [3.8, 4) is 0 Å². The second-order valence-electron chi connectivity index (χ2n) is 7.11. The van der Waals surface area contributed by atoms with Gasteiger partial charge in [0.15, 0.2) is 0 Å². The van der Waals surface area contributed by atoms with Crippen molar-refractivity contribution in [3.05, 3.63) is 11.6 Å². The maximum atomic E-state index is 11.1. The fourth-order valence-corrected chi connectivity index (χ4v) is 5.95. The van der Waals surface area contributed by atoms with E-state index in [0.29, 0.717) is 12.3 Å². The van der Waals surface area contributed by atoms with E-state index in [9.17, 15) is 4.79 Å². The molecule has 0 radical (unpaired) electrons. The summed E-state index contributed by atoms with van der Waals surface area (Å²) in [4.78, 5) is 11.1. The molecule has 0 spiro atoms. The van der Waals surface area contributed by atoms with E-state index in [1.807, 2.05) is 0 Å². The number of hydrogen-bond donors (Lipinski definition) is 1. The van der Waals surface area contributed by atoms with Gasteiger partial charge < -0.3 is 5.11 Å². The van der Waals surface area contributed by atoms with E-state index < -0.39 is 5.97 Å². The van der Waals surface area contributed by atoms with Crippen molar-refractivity contribution < 1.29 is 9.90 Å². The van der Waals surface area contributed by atoms with E-state index in [1.165, 1.54) is 25.7 Å². The number of carboxylic acids is 1. The second-order valence-corrected chi connectivity index (χ2v) is 7.11. The molecule has 4 aliphatic rings. The Balaban J connectivity index is 1.68. The third kappa shape index (κ3) is 1.14. The summed E-state index contributed by atoms with van der Waals surface area (Å²) < 4.78 is 0. The Bertz CT molecular complexity index is 425. The molecule has 6 unspecified atom stereocenters. The van der Waals surface area contributed by atoms with Gasteiger partial charge in [0.2, 0.25) is 0 Å². The fourth-order valence-electron chi connectivity index (χ4n) is 5.95. The minimum Gasteiger partial charge on any atom is -0.481 e. The first-order chi connectivity index (χ1) is 8.08. The Labute approximate surface area is 102 Å². The predicted octanol–water partition coefficient (Wildman–Crippen LogP) is 3.09. The lowest BCUT2D eigenvalue weighted by molar-refractivity contribution is -0.140. The molecule has 3 fully saturated rings. The van der Waals surface area contributed by atoms with Crippen molar-refractivity contribution in [2.75, 3.05) is 0 Å². The van der Waals surface area contributed by atoms with Gasteiger partial charge in [-0.2, -0.15) is 0 Å². The van der Waals surface area contributed by atoms with Crippen LogP contribution in [0.2, 0.25) is 0 Å². The molecule has 0 saturated heterocycles. The Hall–Kier alpha value is -0.790. The molecule has 0 amide bonds. The third-order valence-electron chi connectivity index (χ3n) is 6.28. The predicted molar refractivity (Wildman–Crippen MR) is 64.4 cm³/mol. The first kappa shape index (κ1) is 10.2. The molecule has 3 saturated carbocycles. The molecule has 0 aromatic carbocycles. The highest BCUT2D eigenvalue weighted by molar-refractivity contribution is 5.68. The first-order valence-electron chi connectivity index (χ1n) is 6.99. The number of carboxylic acid groups (broad SMARTS) is 1. The van der Waals surface area contributed by atoms with E-state index in [1.54, 1.807) is 5.57 Å². The molecule has 2 nitrogen and oxygen atoms in total. The zero-order valence-electron chi connectivity index (χ0n) is 10.4. The number of fused-ring (bicyclic) bond motifs is 9. The Kier molecular flexibility index (Phi) is 1.77. The molecule has 0 aromatic rings. The largest absolute Gasteiger partial charge is 0.481 e. The molecular formula is C15H20O2. The Morgan fingerprint density at radius 3 is 3.12 bits per heavy atom. The molecule has 4 aliphatic carbocycles. The van der Waals surface area contributed by atoms with Gasteiger partial charge in [0.1, 0.15) is 0 Å². The van der Waals surface area contributed by atoms with Crippen molar-refractivity contribution in [2.24, 2.45) is 35.0 Å². The Morgan fingerprint density at radius 1 is 1.53 bits per heavy atom. The van der Waals surface area contributed by atoms with Crippen LogP contribution in [0.3, 0.4) is 0 Å². The van der Waals surface area contributed by atoms with Gasteiger partial charge in [-0.25, -0.2) is 0 Å². The summed E-state index contributed by atoms with van der Waals surface area (Å²) >= 11 is 0. The van der Waals surface area contributed by atoms with Crippen molar-refractivity contribution in [1.82, 2.24) is 0 Å². The first-order valence-corrected chi connectivity index (χ1v) is 6.99. The highest BCUT2D eigenvalue weighted by Gasteiger charge is 2.63. The highest BCUT2D eigenvalue weighted by atomic mass is 16.4. The molecule has 4 bridgehead atoms. The number of hydrogen-bond acceptors (Lipinski definition) is 1. The Morgan fingerprint density at radius 2 is 2.35 bits per heavy atom. The summed E-state index contributed by atoms with van der Waals surface area (Å²) in [6.45, 7) is 2.23. The van der Waals surface area contributed by atoms with Crippen molar-refractivity contribution in [2.45, 2.75) is 39.0 Å². The lowest BCUT2D eigenvalue weighted by Crippen LogP contribution is -2.37. The maximum absolute atomic E-state index is 11.1. The van der Waals surface area contributed by atoms with Crippen LogP contribution in [-0.2, 0) is 4.79 Å². The standard InChI is InChI=1S/C15H20O2/c1-15(7-12(16)17)6-10-5-11(15)14-9-3-2-8(4-9)13(10)14/h3,8,10-11,13-14H,2,4-7H2,1H3,(H,16,17). The van der Waals surface area contributed by atoms with Gasteiger partial charge in [-0.05, 0) is 60.7 Å². The van der Waals surface area contributed by atoms with Crippen LogP contribution in [0.5, 0.6) is 0 Å². The SMILES string of the molecule is CC1(CC(=O)O)CC2CC1C1C3=CCC(C3)C21. The molecule has 2 heteroatoms. The van der Waals surface area contributed by atoms with Crippen molar-refractivity contribution >= 4 is 5.97 Å². The van der Waals surface area contributed by atoms with E-state index in [-0.39, 0.29) is 5.41 Å². The molecule has 92 valence electrons. The molecule has 0 heterocycles. The summed E-state index contributed by atoms with van der Waals surface area (Å²) in [5.74, 6) is 3.54. The van der Waals surface area contributed by atoms with Crippen LogP contribution in [0.1, 0.15) is 39.0 Å². The van der Waals surface area contributed by atoms with Gasteiger partial charge in [-0.15, -0.1) is 0 Å². The summed E-state index contributed by atoms with van der Waals surface area (Å²) in [6, 6.07) is 0. The normalized spacial score (nSPS) is 53.9. The average Bonchev–Trinajstić information content (AvgIpc) is 2.88. The van der Waals surface area contributed by atoms with Gasteiger partial charge in [0, 0.05) is 0 Å². The molecule has 0 aromatic heterocycles. The molecule has 1 N–H and O–H groups in total. The van der Waals surface area contributed by atoms with Crippen LogP contribution in [0.25, 0.3) is 0 Å². The molecular weight excluding hydrogens is 212 g/mol. The highest BCUT2D eigenvalue weighted by Crippen LogP contribution is 2.71. The van der Waals surface area contributed by atoms with E-state index in [4.69, 9.17) is 5.11 Å². The molecule has 0 aliphatic heterocycles.